The molecule has 1 saturated carbocycles. The van der Waals surface area contributed by atoms with Crippen molar-refractivity contribution in [2.45, 2.75) is 11.8 Å². The van der Waals surface area contributed by atoms with Gasteiger partial charge in [0.15, 0.2) is 0 Å². The number of aromatic nitrogens is 1. The lowest BCUT2D eigenvalue weighted by Crippen LogP contribution is -2.52. The zero-order chi connectivity index (χ0) is 25.2. The number of carbonyl (C=O) groups excluding carboxylic acids is 1. The topological polar surface area (TPSA) is 95.0 Å². The number of aliphatic carboxylic acids is 1. The second kappa shape index (κ2) is 9.70. The average molecular weight is 484 g/mol. The van der Waals surface area contributed by atoms with Crippen LogP contribution < -0.4 is 14.2 Å². The predicted molar refractivity (Wildman–Crippen MR) is 133 cm³/mol. The predicted octanol–water partition coefficient (Wildman–Crippen LogP) is 5.06. The molecule has 5 rings (SSSR count). The summed E-state index contributed by atoms with van der Waals surface area (Å²) < 4.78 is 17.0. The van der Waals surface area contributed by atoms with E-state index in [1.54, 1.807) is 48.7 Å². The van der Waals surface area contributed by atoms with Crippen molar-refractivity contribution in [1.82, 2.24) is 4.98 Å². The van der Waals surface area contributed by atoms with E-state index in [0.29, 0.717) is 39.3 Å². The van der Waals surface area contributed by atoms with Gasteiger partial charge in [-0.1, -0.05) is 42.5 Å². The normalized spacial score (nSPS) is 20.8. The number of para-hydroxylation sites is 2. The van der Waals surface area contributed by atoms with Crippen LogP contribution in [0.25, 0.3) is 10.9 Å². The Balaban J connectivity index is 1.62. The fourth-order valence-electron chi connectivity index (χ4n) is 5.35. The molecule has 4 aromatic rings. The van der Waals surface area contributed by atoms with E-state index >= 15 is 0 Å². The second-order valence-electron chi connectivity index (χ2n) is 8.67. The second-order valence-corrected chi connectivity index (χ2v) is 8.67. The Labute approximate surface area is 208 Å². The molecule has 1 aliphatic rings. The Hall–Kier alpha value is -4.39. The van der Waals surface area contributed by atoms with Crippen LogP contribution >= 0.6 is 0 Å². The Morgan fingerprint density at radius 1 is 0.722 bits per heavy atom. The lowest BCUT2D eigenvalue weighted by atomic mass is 9.52. The minimum Gasteiger partial charge on any atom is -0.496 e. The number of carboxylic acids is 1. The molecule has 36 heavy (non-hydrogen) atoms. The summed E-state index contributed by atoms with van der Waals surface area (Å²) >= 11 is 0. The number of methoxy groups -OCH3 is 2. The van der Waals surface area contributed by atoms with Crippen LogP contribution in [0.1, 0.15) is 23.0 Å². The molecule has 182 valence electrons. The molecule has 1 aliphatic carbocycles. The van der Waals surface area contributed by atoms with Crippen molar-refractivity contribution in [2.24, 2.45) is 11.8 Å². The van der Waals surface area contributed by atoms with Gasteiger partial charge in [-0.25, -0.2) is 0 Å². The van der Waals surface area contributed by atoms with Crippen molar-refractivity contribution in [3.8, 4) is 17.2 Å². The van der Waals surface area contributed by atoms with Gasteiger partial charge in [0.2, 0.25) is 0 Å². The first kappa shape index (κ1) is 23.4. The zero-order valence-electron chi connectivity index (χ0n) is 19.8. The number of carboxylic acid groups (broad SMARTS) is 1. The summed E-state index contributed by atoms with van der Waals surface area (Å²) in [6, 6.07) is 23.3. The molecule has 0 bridgehead atoms. The maximum Gasteiger partial charge on any atom is 0.315 e. The number of fused-ring (bicyclic) bond motifs is 1. The molecule has 0 aliphatic heterocycles. The highest BCUT2D eigenvalue weighted by Crippen LogP contribution is 2.60. The summed E-state index contributed by atoms with van der Waals surface area (Å²) in [6.07, 6.45) is 1.67. The van der Waals surface area contributed by atoms with Crippen LogP contribution in [0, 0.1) is 11.8 Å². The summed E-state index contributed by atoms with van der Waals surface area (Å²) in [5.41, 5.74) is 2.00. The molecular formula is C29H25NO6. The minimum absolute atomic E-state index is 0.377. The number of ether oxygens (including phenoxy) is 3. The number of nitrogens with zero attached hydrogens (tertiary/aromatic N) is 1. The number of hydrogen-bond acceptors (Lipinski definition) is 6. The highest BCUT2D eigenvalue weighted by Gasteiger charge is 2.60. The van der Waals surface area contributed by atoms with Gasteiger partial charge in [0.05, 0.1) is 31.6 Å². The van der Waals surface area contributed by atoms with Crippen LogP contribution in [0.3, 0.4) is 0 Å². The quantitative estimate of drug-likeness (QED) is 0.290. The van der Waals surface area contributed by atoms with Crippen molar-refractivity contribution in [2.75, 3.05) is 14.2 Å². The smallest absolute Gasteiger partial charge is 0.315 e. The fraction of sp³-hybridized carbons (Fsp3) is 0.207. The Morgan fingerprint density at radius 3 is 1.89 bits per heavy atom. The van der Waals surface area contributed by atoms with Crippen molar-refractivity contribution in [3.05, 3.63) is 96.2 Å². The largest absolute Gasteiger partial charge is 0.496 e. The van der Waals surface area contributed by atoms with Crippen molar-refractivity contribution >= 4 is 22.8 Å². The summed E-state index contributed by atoms with van der Waals surface area (Å²) in [6.45, 7) is 0. The first-order valence-corrected chi connectivity index (χ1v) is 11.6. The highest BCUT2D eigenvalue weighted by molar-refractivity contribution is 5.90. The molecule has 1 aromatic heterocycles. The van der Waals surface area contributed by atoms with E-state index in [9.17, 15) is 14.7 Å². The molecule has 1 N–H and O–H groups in total. The number of hydrogen-bond donors (Lipinski definition) is 1. The van der Waals surface area contributed by atoms with Gasteiger partial charge in [-0.3, -0.25) is 14.6 Å². The third-order valence-electron chi connectivity index (χ3n) is 6.92. The lowest BCUT2D eigenvalue weighted by molar-refractivity contribution is -0.158. The SMILES string of the molecule is COc1ccccc1[C@H]1C(C(=O)O)[C@H](c2ccccc2OC)C1C(=O)Oc1cccc2ncccc12. The first-order chi connectivity index (χ1) is 17.5. The Morgan fingerprint density at radius 2 is 1.31 bits per heavy atom. The van der Waals surface area contributed by atoms with Gasteiger partial charge in [0.1, 0.15) is 17.2 Å². The Bertz CT molecular complexity index is 1370. The van der Waals surface area contributed by atoms with Crippen LogP contribution in [0.2, 0.25) is 0 Å². The van der Waals surface area contributed by atoms with Gasteiger partial charge in [0, 0.05) is 23.4 Å². The van der Waals surface area contributed by atoms with Crippen LogP contribution in [0.15, 0.2) is 85.1 Å². The molecule has 2 atom stereocenters. The molecule has 0 spiro atoms. The molecule has 0 amide bonds. The zero-order valence-corrected chi connectivity index (χ0v) is 19.8. The first-order valence-electron chi connectivity index (χ1n) is 11.6. The number of rotatable bonds is 7. The van der Waals surface area contributed by atoms with E-state index in [-0.39, 0.29) is 0 Å². The summed E-state index contributed by atoms with van der Waals surface area (Å²) in [5, 5.41) is 11.0. The minimum atomic E-state index is -1.000. The van der Waals surface area contributed by atoms with Crippen LogP contribution in [-0.4, -0.2) is 36.2 Å². The van der Waals surface area contributed by atoms with Gasteiger partial charge < -0.3 is 19.3 Å². The van der Waals surface area contributed by atoms with Crippen molar-refractivity contribution in [3.63, 3.8) is 0 Å². The van der Waals surface area contributed by atoms with E-state index in [1.165, 1.54) is 14.2 Å². The Kier molecular flexibility index (Phi) is 6.29. The van der Waals surface area contributed by atoms with Gasteiger partial charge in [-0.15, -0.1) is 0 Å². The number of esters is 1. The van der Waals surface area contributed by atoms with Crippen molar-refractivity contribution in [1.29, 1.82) is 0 Å². The molecule has 0 unspecified atom stereocenters. The van der Waals surface area contributed by atoms with Gasteiger partial charge in [-0.05, 0) is 47.5 Å². The third kappa shape index (κ3) is 3.92. The summed E-state index contributed by atoms with van der Waals surface area (Å²) in [7, 11) is 3.06. The van der Waals surface area contributed by atoms with Crippen LogP contribution in [0.4, 0.5) is 0 Å². The van der Waals surface area contributed by atoms with Crippen LogP contribution in [0.5, 0.6) is 17.2 Å². The maximum absolute atomic E-state index is 13.9. The van der Waals surface area contributed by atoms with E-state index in [1.807, 2.05) is 36.4 Å². The molecule has 7 nitrogen and oxygen atoms in total. The molecule has 7 heteroatoms. The summed E-state index contributed by atoms with van der Waals surface area (Å²) in [5.74, 6) is -3.07. The fourth-order valence-corrected chi connectivity index (χ4v) is 5.35. The van der Waals surface area contributed by atoms with E-state index in [4.69, 9.17) is 14.2 Å². The molecule has 3 aromatic carbocycles. The molecular weight excluding hydrogens is 458 g/mol. The number of benzene rings is 3. The lowest BCUT2D eigenvalue weighted by Gasteiger charge is -2.49. The van der Waals surface area contributed by atoms with E-state index in [0.717, 1.165) is 0 Å². The van der Waals surface area contributed by atoms with Crippen LogP contribution in [-0.2, 0) is 9.59 Å². The van der Waals surface area contributed by atoms with Gasteiger partial charge >= 0.3 is 11.9 Å². The van der Waals surface area contributed by atoms with Gasteiger partial charge in [0.25, 0.3) is 0 Å². The molecule has 0 radical (unpaired) electrons. The van der Waals surface area contributed by atoms with E-state index < -0.39 is 35.6 Å². The standard InChI is InChI=1S/C29H25NO6/c1-34-21-13-5-3-9-18(21)24-26(28(31)32)25(19-10-4-6-14-22(19)35-2)27(24)29(33)36-23-15-7-12-20-17(23)11-8-16-30-20/h3-16,24-27H,1-2H3,(H,31,32)/t24-,25-,26?,27?/m0/s1. The third-order valence-corrected chi connectivity index (χ3v) is 6.92. The van der Waals surface area contributed by atoms with E-state index in [2.05, 4.69) is 4.98 Å². The molecule has 1 fully saturated rings. The number of carbonyl (C=O) groups is 2. The van der Waals surface area contributed by atoms with Crippen molar-refractivity contribution < 1.29 is 28.9 Å². The summed E-state index contributed by atoms with van der Waals surface area (Å²) in [4.78, 5) is 30.8. The molecule has 1 heterocycles. The average Bonchev–Trinajstić information content (AvgIpc) is 2.88. The monoisotopic (exact) mass is 483 g/mol. The highest BCUT2D eigenvalue weighted by atomic mass is 16.5. The van der Waals surface area contributed by atoms with Gasteiger partial charge in [-0.2, -0.15) is 0 Å². The maximum atomic E-state index is 13.9. The number of pyridine rings is 1. The molecule has 0 saturated heterocycles.